The Hall–Kier alpha value is -4.34. The van der Waals surface area contributed by atoms with Gasteiger partial charge in [0.1, 0.15) is 0 Å². The fourth-order valence-electron chi connectivity index (χ4n) is 5.52. The van der Waals surface area contributed by atoms with E-state index in [1.807, 2.05) is 97.9 Å². The van der Waals surface area contributed by atoms with Crippen LogP contribution < -0.4 is 13.6 Å². The van der Waals surface area contributed by atoms with Gasteiger partial charge in [-0.25, -0.2) is 0 Å². The van der Waals surface area contributed by atoms with Crippen LogP contribution in [0.15, 0.2) is 121 Å². The molecule has 0 spiro atoms. The molecule has 0 fully saturated rings. The third kappa shape index (κ3) is 8.15. The summed E-state index contributed by atoms with van der Waals surface area (Å²) in [7, 11) is -3.58. The highest BCUT2D eigenvalue weighted by Gasteiger charge is 2.62. The highest BCUT2D eigenvalue weighted by atomic mass is 31.2. The summed E-state index contributed by atoms with van der Waals surface area (Å²) in [6, 6.07) is 36.0. The molecule has 0 aliphatic carbocycles. The molecule has 6 heteroatoms. The van der Waals surface area contributed by atoms with E-state index < -0.39 is 24.9 Å². The number of rotatable bonds is 10. The molecule has 0 aliphatic rings. The van der Waals surface area contributed by atoms with E-state index in [4.69, 9.17) is 18.3 Å². The first-order chi connectivity index (χ1) is 22.2. The summed E-state index contributed by atoms with van der Waals surface area (Å²) in [5.41, 5.74) is -0.932. The molecule has 5 rings (SSSR count). The molecule has 0 heterocycles. The number of fused-ring (bicyclic) bond motifs is 2. The average Bonchev–Trinajstić information content (AvgIpc) is 2.99. The average molecular weight is 650 g/mol. The molecule has 5 nitrogen and oxygen atoms in total. The normalized spacial score (nSPS) is 13.8. The lowest BCUT2D eigenvalue weighted by molar-refractivity contribution is -0.159. The number of allylic oxidation sites excluding steroid dienone is 1. The topological polar surface area (TPSA) is 54.0 Å². The Kier molecular flexibility index (Phi) is 9.70. The van der Waals surface area contributed by atoms with E-state index in [0.29, 0.717) is 17.2 Å². The van der Waals surface area contributed by atoms with E-state index in [9.17, 15) is 4.79 Å². The third-order valence-electron chi connectivity index (χ3n) is 8.08. The van der Waals surface area contributed by atoms with Crippen LogP contribution in [-0.2, 0) is 9.53 Å². The van der Waals surface area contributed by atoms with Crippen molar-refractivity contribution < 1.29 is 23.1 Å². The molecular weight excluding hydrogens is 603 g/mol. The van der Waals surface area contributed by atoms with Crippen LogP contribution in [-0.4, -0.2) is 17.7 Å². The Morgan fingerprint density at radius 3 is 1.66 bits per heavy atom. The molecule has 47 heavy (non-hydrogen) atoms. The number of ether oxygens (including phenoxy) is 1. The number of hydrogen-bond acceptors (Lipinski definition) is 5. The minimum absolute atomic E-state index is 0.107. The summed E-state index contributed by atoms with van der Waals surface area (Å²) in [6.07, 6.45) is 4.22. The second-order valence-electron chi connectivity index (χ2n) is 14.2. The van der Waals surface area contributed by atoms with Crippen molar-refractivity contribution in [3.8, 4) is 17.2 Å². The van der Waals surface area contributed by atoms with Gasteiger partial charge in [-0.15, -0.1) is 0 Å². The molecule has 0 aromatic heterocycles. The van der Waals surface area contributed by atoms with Gasteiger partial charge >= 0.3 is 13.9 Å². The van der Waals surface area contributed by atoms with Gasteiger partial charge in [-0.2, -0.15) is 0 Å². The van der Waals surface area contributed by atoms with E-state index >= 15 is 0 Å². The molecule has 244 valence electrons. The minimum atomic E-state index is -3.58. The molecule has 0 saturated heterocycles. The fraction of sp³-hybridized carbons (Fsp3) is 0.293. The maximum atomic E-state index is 13.0. The number of carbonyl (C=O) groups is 1. The summed E-state index contributed by atoms with van der Waals surface area (Å²) in [4.78, 5) is 13.0. The largest absolute Gasteiger partial charge is 0.546 e. The summed E-state index contributed by atoms with van der Waals surface area (Å²) >= 11 is 0. The second-order valence-corrected chi connectivity index (χ2v) is 16.3. The van der Waals surface area contributed by atoms with E-state index in [2.05, 4.69) is 71.9 Å². The highest BCUT2D eigenvalue weighted by molar-refractivity contribution is 7.63. The van der Waals surface area contributed by atoms with Crippen molar-refractivity contribution in [1.82, 2.24) is 0 Å². The number of benzene rings is 5. The fourth-order valence-corrected chi connectivity index (χ4v) is 8.40. The molecule has 1 unspecified atom stereocenters. The zero-order valence-electron chi connectivity index (χ0n) is 28.7. The summed E-state index contributed by atoms with van der Waals surface area (Å²) < 4.78 is 28.0. The predicted molar refractivity (Wildman–Crippen MR) is 195 cm³/mol. The molecule has 0 amide bonds. The van der Waals surface area contributed by atoms with Gasteiger partial charge in [-0.1, -0.05) is 133 Å². The van der Waals surface area contributed by atoms with Crippen LogP contribution in [0, 0.1) is 17.8 Å². The van der Waals surface area contributed by atoms with Gasteiger partial charge in [-0.05, 0) is 59.0 Å². The lowest BCUT2D eigenvalue weighted by Gasteiger charge is -2.42. The molecule has 1 atom stereocenters. The zero-order valence-corrected chi connectivity index (χ0v) is 29.6. The quantitative estimate of drug-likeness (QED) is 0.0856. The van der Waals surface area contributed by atoms with Gasteiger partial charge < -0.3 is 4.74 Å². The Bertz CT molecular complexity index is 1810. The van der Waals surface area contributed by atoms with E-state index in [0.717, 1.165) is 27.1 Å². The molecule has 0 aliphatic heterocycles. The standard InChI is InChI=1S/C41H46O5P/c1-30-16-13-21-34(28-30)44-47(45-37-24-14-19-32-17-9-11-22-35(32)37,46-38-25-15-20-33-18-10-12-23-36(33)38)29-41(40(6,7)8,43-31(2)42)27-26-39(3,4)5/h9-28H,29H2,1-8H3/q+1. The SMILES string of the molecule is CC(=O)OC(C=CC(C)(C)C)(C[P+](Oc1cccc(C)c1)(Oc1cccc2ccccc12)Oc1cccc2ccccc12)C(C)(C)C. The van der Waals surface area contributed by atoms with Gasteiger partial charge in [0.2, 0.25) is 6.16 Å². The molecule has 0 N–H and O–H groups in total. The number of aryl methyl sites for hydroxylation is 1. The number of hydrogen-bond donors (Lipinski definition) is 0. The van der Waals surface area contributed by atoms with Crippen molar-refractivity contribution in [2.75, 3.05) is 6.16 Å². The van der Waals surface area contributed by atoms with Crippen LogP contribution >= 0.6 is 7.94 Å². The first kappa shape index (κ1) is 34.0. The van der Waals surface area contributed by atoms with E-state index in [1.54, 1.807) is 0 Å². The Balaban J connectivity index is 1.82. The first-order valence-electron chi connectivity index (χ1n) is 16.1. The van der Waals surface area contributed by atoms with Crippen molar-refractivity contribution in [2.45, 2.75) is 61.0 Å². The first-order valence-corrected chi connectivity index (χ1v) is 17.8. The maximum Gasteiger partial charge on any atom is 0.546 e. The summed E-state index contributed by atoms with van der Waals surface area (Å²) in [6.45, 7) is 16.0. The highest BCUT2D eigenvalue weighted by Crippen LogP contribution is 2.65. The summed E-state index contributed by atoms with van der Waals surface area (Å²) in [5.74, 6) is 1.44. The smallest absolute Gasteiger partial charge is 0.450 e. The van der Waals surface area contributed by atoms with Crippen LogP contribution in [0.4, 0.5) is 0 Å². The lowest BCUT2D eigenvalue weighted by Crippen LogP contribution is -2.50. The monoisotopic (exact) mass is 649 g/mol. The predicted octanol–water partition coefficient (Wildman–Crippen LogP) is 11.6. The molecule has 5 aromatic rings. The van der Waals surface area contributed by atoms with Crippen LogP contribution in [0.3, 0.4) is 0 Å². The number of carbonyl (C=O) groups excluding carboxylic acids is 1. The van der Waals surface area contributed by atoms with Crippen molar-refractivity contribution in [3.05, 3.63) is 127 Å². The lowest BCUT2D eigenvalue weighted by atomic mass is 9.76. The van der Waals surface area contributed by atoms with Crippen LogP contribution in [0.5, 0.6) is 17.2 Å². The van der Waals surface area contributed by atoms with Gasteiger partial charge in [0, 0.05) is 23.1 Å². The van der Waals surface area contributed by atoms with Crippen LogP contribution in [0.25, 0.3) is 21.5 Å². The molecule has 5 aromatic carbocycles. The zero-order chi connectivity index (χ0) is 33.9. The van der Waals surface area contributed by atoms with Gasteiger partial charge in [0.25, 0.3) is 0 Å². The minimum Gasteiger partial charge on any atom is -0.450 e. The van der Waals surface area contributed by atoms with Gasteiger partial charge in [0.15, 0.2) is 22.8 Å². The van der Waals surface area contributed by atoms with Crippen LogP contribution in [0.1, 0.15) is 54.0 Å². The van der Waals surface area contributed by atoms with Crippen molar-refractivity contribution in [2.24, 2.45) is 10.8 Å². The molecule has 0 radical (unpaired) electrons. The third-order valence-corrected chi connectivity index (χ3v) is 10.4. The van der Waals surface area contributed by atoms with Crippen molar-refractivity contribution in [1.29, 1.82) is 0 Å². The summed E-state index contributed by atoms with van der Waals surface area (Å²) in [5, 5.41) is 3.90. The maximum absolute atomic E-state index is 13.0. The van der Waals surface area contributed by atoms with Gasteiger partial charge in [0.05, 0.1) is 0 Å². The van der Waals surface area contributed by atoms with Crippen LogP contribution in [0.2, 0.25) is 0 Å². The van der Waals surface area contributed by atoms with Gasteiger partial charge in [-0.3, -0.25) is 18.4 Å². The van der Waals surface area contributed by atoms with Crippen molar-refractivity contribution >= 4 is 35.5 Å². The Morgan fingerprint density at radius 2 is 1.17 bits per heavy atom. The van der Waals surface area contributed by atoms with E-state index in [1.165, 1.54) is 6.92 Å². The number of esters is 1. The van der Waals surface area contributed by atoms with Crippen molar-refractivity contribution in [3.63, 3.8) is 0 Å². The molecule has 0 saturated carbocycles. The Labute approximate surface area is 280 Å². The van der Waals surface area contributed by atoms with E-state index in [-0.39, 0.29) is 11.6 Å². The molecule has 0 bridgehead atoms. The Morgan fingerprint density at radius 1 is 0.660 bits per heavy atom. The second kappa shape index (κ2) is 13.4. The molecular formula is C41H46O5P+.